The molecule has 1 saturated heterocycles. The molecular weight excluding hydrogens is 326 g/mol. The Labute approximate surface area is 143 Å². The van der Waals surface area contributed by atoms with Crippen LogP contribution in [0.5, 0.6) is 0 Å². The van der Waals surface area contributed by atoms with E-state index in [1.807, 2.05) is 13.0 Å². The molecule has 2 aliphatic rings. The number of amides is 1. The van der Waals surface area contributed by atoms with E-state index in [-0.39, 0.29) is 22.8 Å². The zero-order valence-corrected chi connectivity index (χ0v) is 15.1. The van der Waals surface area contributed by atoms with Gasteiger partial charge in [-0.05, 0) is 49.8 Å². The molecule has 0 spiro atoms. The topological polar surface area (TPSA) is 83.7 Å². The summed E-state index contributed by atoms with van der Waals surface area (Å²) in [6, 6.07) is 5.12. The number of hydrogen-bond acceptors (Lipinski definition) is 4. The third-order valence-electron chi connectivity index (χ3n) is 5.13. The maximum Gasteiger partial charge on any atom is 0.243 e. The molecule has 1 aromatic rings. The number of nitrogens with zero attached hydrogens (tertiary/aromatic N) is 2. The SMILES string of the molecule is CC(=O)N1CCc2ccc(S(=O)(=O)N3CCC[C@H]([C@@H](C)N)C3)cc21. The van der Waals surface area contributed by atoms with Gasteiger partial charge in [-0.2, -0.15) is 4.31 Å². The van der Waals surface area contributed by atoms with E-state index < -0.39 is 10.0 Å². The fourth-order valence-electron chi connectivity index (χ4n) is 3.62. The molecule has 0 aromatic heterocycles. The molecule has 0 radical (unpaired) electrons. The molecule has 1 aromatic carbocycles. The fourth-order valence-corrected chi connectivity index (χ4v) is 5.17. The molecule has 1 amide bonds. The summed E-state index contributed by atoms with van der Waals surface area (Å²) in [6.45, 7) is 5.05. The minimum absolute atomic E-state index is 0.0174. The highest BCUT2D eigenvalue weighted by Crippen LogP contribution is 2.32. The fraction of sp³-hybridized carbons (Fsp3) is 0.588. The van der Waals surface area contributed by atoms with Crippen molar-refractivity contribution in [3.63, 3.8) is 0 Å². The lowest BCUT2D eigenvalue weighted by Crippen LogP contribution is -2.44. The van der Waals surface area contributed by atoms with E-state index in [1.54, 1.807) is 21.3 Å². The summed E-state index contributed by atoms with van der Waals surface area (Å²) in [7, 11) is -3.56. The van der Waals surface area contributed by atoms with Crippen molar-refractivity contribution in [1.29, 1.82) is 0 Å². The van der Waals surface area contributed by atoms with Crippen molar-refractivity contribution in [2.75, 3.05) is 24.5 Å². The molecule has 7 heteroatoms. The van der Waals surface area contributed by atoms with Crippen molar-refractivity contribution in [2.24, 2.45) is 11.7 Å². The van der Waals surface area contributed by atoms with Gasteiger partial charge in [0.15, 0.2) is 0 Å². The molecule has 132 valence electrons. The number of benzene rings is 1. The Balaban J connectivity index is 1.91. The maximum absolute atomic E-state index is 13.0. The average molecular weight is 351 g/mol. The van der Waals surface area contributed by atoms with Crippen LogP contribution in [-0.2, 0) is 21.2 Å². The van der Waals surface area contributed by atoms with Crippen LogP contribution in [0, 0.1) is 5.92 Å². The lowest BCUT2D eigenvalue weighted by Gasteiger charge is -2.33. The Morgan fingerprint density at radius 1 is 1.33 bits per heavy atom. The van der Waals surface area contributed by atoms with Gasteiger partial charge in [0.05, 0.1) is 4.90 Å². The summed E-state index contributed by atoms with van der Waals surface area (Å²) in [4.78, 5) is 13.7. The average Bonchev–Trinajstić information content (AvgIpc) is 2.98. The van der Waals surface area contributed by atoms with Crippen molar-refractivity contribution in [3.05, 3.63) is 23.8 Å². The highest BCUT2D eigenvalue weighted by atomic mass is 32.2. The summed E-state index contributed by atoms with van der Waals surface area (Å²) in [6.07, 6.45) is 2.56. The van der Waals surface area contributed by atoms with Crippen LogP contribution in [0.3, 0.4) is 0 Å². The van der Waals surface area contributed by atoms with Crippen molar-refractivity contribution in [3.8, 4) is 0 Å². The molecule has 2 heterocycles. The van der Waals surface area contributed by atoms with Crippen molar-refractivity contribution < 1.29 is 13.2 Å². The van der Waals surface area contributed by atoms with E-state index in [9.17, 15) is 13.2 Å². The Morgan fingerprint density at radius 2 is 2.08 bits per heavy atom. The molecule has 0 unspecified atom stereocenters. The number of anilines is 1. The Morgan fingerprint density at radius 3 is 2.75 bits per heavy atom. The van der Waals surface area contributed by atoms with Crippen molar-refractivity contribution in [2.45, 2.75) is 44.0 Å². The largest absolute Gasteiger partial charge is 0.328 e. The van der Waals surface area contributed by atoms with Crippen LogP contribution in [0.25, 0.3) is 0 Å². The first kappa shape index (κ1) is 17.4. The van der Waals surface area contributed by atoms with Gasteiger partial charge in [-0.15, -0.1) is 0 Å². The van der Waals surface area contributed by atoms with Crippen LogP contribution in [-0.4, -0.2) is 44.3 Å². The molecule has 3 rings (SSSR count). The summed E-state index contributed by atoms with van der Waals surface area (Å²) in [5, 5.41) is 0. The third kappa shape index (κ3) is 3.08. The third-order valence-corrected chi connectivity index (χ3v) is 7.00. The van der Waals surface area contributed by atoms with Crippen LogP contribution in [0.15, 0.2) is 23.1 Å². The lowest BCUT2D eigenvalue weighted by atomic mass is 9.93. The summed E-state index contributed by atoms with van der Waals surface area (Å²) < 4.78 is 27.6. The second-order valence-electron chi connectivity index (χ2n) is 6.84. The molecule has 0 saturated carbocycles. The molecule has 0 bridgehead atoms. The molecule has 2 aliphatic heterocycles. The Hall–Kier alpha value is -1.44. The van der Waals surface area contributed by atoms with E-state index in [1.165, 1.54) is 6.92 Å². The molecule has 24 heavy (non-hydrogen) atoms. The molecular formula is C17H25N3O3S. The highest BCUT2D eigenvalue weighted by Gasteiger charge is 2.33. The summed E-state index contributed by atoms with van der Waals surface area (Å²) >= 11 is 0. The van der Waals surface area contributed by atoms with Crippen LogP contribution < -0.4 is 10.6 Å². The number of hydrogen-bond donors (Lipinski definition) is 1. The summed E-state index contributed by atoms with van der Waals surface area (Å²) in [5.41, 5.74) is 7.72. The molecule has 2 atom stereocenters. The van der Waals surface area contributed by atoms with Gasteiger partial charge in [0.25, 0.3) is 0 Å². The van der Waals surface area contributed by atoms with Gasteiger partial charge in [0.2, 0.25) is 15.9 Å². The number of rotatable bonds is 3. The Bertz CT molecular complexity index is 745. The number of nitrogens with two attached hydrogens (primary N) is 1. The number of sulfonamides is 1. The van der Waals surface area contributed by atoms with Crippen molar-refractivity contribution >= 4 is 21.6 Å². The molecule has 1 fully saturated rings. The molecule has 2 N–H and O–H groups in total. The van der Waals surface area contributed by atoms with Gasteiger partial charge in [0, 0.05) is 38.3 Å². The van der Waals surface area contributed by atoms with Crippen LogP contribution in [0.4, 0.5) is 5.69 Å². The number of carbonyl (C=O) groups is 1. The van der Waals surface area contributed by atoms with E-state index in [2.05, 4.69) is 0 Å². The first-order valence-corrected chi connectivity index (χ1v) is 9.91. The minimum atomic E-state index is -3.56. The van der Waals surface area contributed by atoms with Crippen LogP contribution in [0.2, 0.25) is 0 Å². The standard InChI is InChI=1S/C17H25N3O3S/c1-12(18)15-4-3-8-19(11-15)24(22,23)16-6-5-14-7-9-20(13(2)21)17(14)10-16/h5-6,10,12,15H,3-4,7-9,11,18H2,1-2H3/t12-,15+/m1/s1. The van der Waals surface area contributed by atoms with Gasteiger partial charge < -0.3 is 10.6 Å². The predicted octanol–water partition coefficient (Wildman–Crippen LogP) is 1.34. The number of fused-ring (bicyclic) bond motifs is 1. The quantitative estimate of drug-likeness (QED) is 0.891. The zero-order valence-electron chi connectivity index (χ0n) is 14.2. The first-order valence-electron chi connectivity index (χ1n) is 8.47. The number of carbonyl (C=O) groups excluding carboxylic acids is 1. The van der Waals surface area contributed by atoms with E-state index >= 15 is 0 Å². The van der Waals surface area contributed by atoms with Crippen molar-refractivity contribution in [1.82, 2.24) is 4.31 Å². The molecule has 0 aliphatic carbocycles. The van der Waals surface area contributed by atoms with Crippen LogP contribution >= 0.6 is 0 Å². The van der Waals surface area contributed by atoms with E-state index in [0.717, 1.165) is 30.5 Å². The van der Waals surface area contributed by atoms with Gasteiger partial charge in [-0.1, -0.05) is 6.07 Å². The zero-order chi connectivity index (χ0) is 17.5. The van der Waals surface area contributed by atoms with Gasteiger partial charge in [-0.25, -0.2) is 8.42 Å². The predicted molar refractivity (Wildman–Crippen MR) is 93.3 cm³/mol. The minimum Gasteiger partial charge on any atom is -0.328 e. The smallest absolute Gasteiger partial charge is 0.243 e. The van der Waals surface area contributed by atoms with E-state index in [0.29, 0.717) is 19.6 Å². The van der Waals surface area contributed by atoms with Gasteiger partial charge in [-0.3, -0.25) is 4.79 Å². The summed E-state index contributed by atoms with van der Waals surface area (Å²) in [5.74, 6) is 0.134. The van der Waals surface area contributed by atoms with E-state index in [4.69, 9.17) is 5.73 Å². The Kier molecular flexibility index (Phi) is 4.68. The molecule has 6 nitrogen and oxygen atoms in total. The van der Waals surface area contributed by atoms with Crippen LogP contribution in [0.1, 0.15) is 32.3 Å². The van der Waals surface area contributed by atoms with Gasteiger partial charge in [0.1, 0.15) is 0 Å². The monoisotopic (exact) mass is 351 g/mol. The van der Waals surface area contributed by atoms with Gasteiger partial charge >= 0.3 is 0 Å². The normalized spacial score (nSPS) is 23.1. The second kappa shape index (κ2) is 6.46. The maximum atomic E-state index is 13.0. The first-order chi connectivity index (χ1) is 11.3. The lowest BCUT2D eigenvalue weighted by molar-refractivity contribution is -0.116. The highest BCUT2D eigenvalue weighted by molar-refractivity contribution is 7.89. The number of piperidine rings is 1. The second-order valence-corrected chi connectivity index (χ2v) is 8.77.